The largest absolute Gasteiger partial charge is 0.493 e. The van der Waals surface area contributed by atoms with Crippen LogP contribution >= 0.6 is 34.5 Å². The summed E-state index contributed by atoms with van der Waals surface area (Å²) < 4.78 is 36.7. The van der Waals surface area contributed by atoms with Gasteiger partial charge in [-0.1, -0.05) is 23.2 Å². The first kappa shape index (κ1) is 23.9. The molecule has 2 aromatic heterocycles. The molecule has 1 aliphatic heterocycles. The molecule has 1 aliphatic rings. The van der Waals surface area contributed by atoms with Crippen LogP contribution in [0.4, 0.5) is 5.69 Å². The van der Waals surface area contributed by atoms with Crippen LogP contribution in [-0.4, -0.2) is 32.2 Å². The van der Waals surface area contributed by atoms with E-state index in [1.54, 1.807) is 48.5 Å². The Balaban J connectivity index is 1.40. The summed E-state index contributed by atoms with van der Waals surface area (Å²) in [6.45, 7) is 0.332. The first-order valence-electron chi connectivity index (χ1n) is 10.5. The topological polar surface area (TPSA) is 94.6 Å². The fourth-order valence-electron chi connectivity index (χ4n) is 3.86. The van der Waals surface area contributed by atoms with E-state index in [-0.39, 0.29) is 16.9 Å². The first-order valence-corrected chi connectivity index (χ1v) is 14.0. The summed E-state index contributed by atoms with van der Waals surface area (Å²) in [5.41, 5.74) is 1.04. The number of carbonyl (C=O) groups excluding carboxylic acids is 1. The number of pyridine rings is 1. The summed E-state index contributed by atoms with van der Waals surface area (Å²) in [4.78, 5) is 17.6. The third kappa shape index (κ3) is 5.23. The summed E-state index contributed by atoms with van der Waals surface area (Å²) in [7, 11) is -3.28. The van der Waals surface area contributed by atoms with Crippen molar-refractivity contribution in [1.82, 2.24) is 4.98 Å². The molecular formula is C24H18Cl2N2O5S2. The molecule has 0 saturated carbocycles. The van der Waals surface area contributed by atoms with Crippen LogP contribution in [0.3, 0.4) is 0 Å². The number of hydrogen-bond acceptors (Lipinski definition) is 7. The molecule has 1 N–H and O–H groups in total. The van der Waals surface area contributed by atoms with Crippen molar-refractivity contribution in [3.63, 3.8) is 0 Å². The monoisotopic (exact) mass is 548 g/mol. The molecule has 35 heavy (non-hydrogen) atoms. The van der Waals surface area contributed by atoms with Crippen LogP contribution in [-0.2, 0) is 9.84 Å². The van der Waals surface area contributed by atoms with Crippen molar-refractivity contribution >= 4 is 66.1 Å². The van der Waals surface area contributed by atoms with Crippen molar-refractivity contribution in [3.05, 3.63) is 75.2 Å². The highest BCUT2D eigenvalue weighted by Crippen LogP contribution is 2.41. The Morgan fingerprint density at radius 3 is 2.66 bits per heavy atom. The van der Waals surface area contributed by atoms with Gasteiger partial charge >= 0.3 is 0 Å². The molecule has 4 aromatic rings. The molecule has 3 heterocycles. The molecule has 1 amide bonds. The van der Waals surface area contributed by atoms with Crippen LogP contribution in [0.1, 0.15) is 26.9 Å². The second-order valence-corrected chi connectivity index (χ2v) is 12.2. The van der Waals surface area contributed by atoms with E-state index in [4.69, 9.17) is 32.7 Å². The van der Waals surface area contributed by atoms with Crippen LogP contribution in [0, 0.1) is 0 Å². The number of fused-ring (bicyclic) bond motifs is 2. The zero-order valence-electron chi connectivity index (χ0n) is 18.2. The predicted octanol–water partition coefficient (Wildman–Crippen LogP) is 6.52. The lowest BCUT2D eigenvalue weighted by atomic mass is 10.0. The quantitative estimate of drug-likeness (QED) is 0.285. The van der Waals surface area contributed by atoms with Crippen LogP contribution in [0.2, 0.25) is 10.2 Å². The highest BCUT2D eigenvalue weighted by atomic mass is 35.5. The third-order valence-electron chi connectivity index (χ3n) is 5.44. The molecule has 7 nitrogen and oxygen atoms in total. The van der Waals surface area contributed by atoms with E-state index >= 15 is 0 Å². The van der Waals surface area contributed by atoms with Gasteiger partial charge < -0.3 is 14.8 Å². The smallest absolute Gasteiger partial charge is 0.265 e. The number of halogens is 2. The van der Waals surface area contributed by atoms with Gasteiger partial charge in [0.25, 0.3) is 5.91 Å². The summed E-state index contributed by atoms with van der Waals surface area (Å²) in [5, 5.41) is 3.70. The van der Waals surface area contributed by atoms with E-state index in [9.17, 15) is 13.2 Å². The number of nitrogens with one attached hydrogen (secondary N) is 1. The summed E-state index contributed by atoms with van der Waals surface area (Å²) >= 11 is 13.3. The molecule has 0 saturated heterocycles. The van der Waals surface area contributed by atoms with Crippen molar-refractivity contribution in [2.24, 2.45) is 0 Å². The van der Waals surface area contributed by atoms with E-state index in [0.717, 1.165) is 10.1 Å². The van der Waals surface area contributed by atoms with Crippen molar-refractivity contribution < 1.29 is 22.7 Å². The van der Waals surface area contributed by atoms with Gasteiger partial charge in [0.2, 0.25) is 5.88 Å². The molecule has 1 unspecified atom stereocenters. The number of amides is 1. The molecule has 0 aliphatic carbocycles. The van der Waals surface area contributed by atoms with E-state index < -0.39 is 15.1 Å². The van der Waals surface area contributed by atoms with E-state index in [1.165, 1.54) is 23.7 Å². The molecule has 2 aromatic carbocycles. The molecule has 180 valence electrons. The number of rotatable bonds is 5. The lowest BCUT2D eigenvalue weighted by molar-refractivity contribution is 0.103. The standard InChI is InChI=1S/C24H18Cl2N2O5S2/c1-35(30,31)21-6-7-32-18-12-19-13(8-17(18)21)9-20(34-19)24(29)27-15-10-22(26)28-23(11-15)33-16-4-2-14(25)3-5-16/h2-5,8-12,21H,6-7H2,1H3,(H,27,28,29). The minimum absolute atomic E-state index is 0.153. The van der Waals surface area contributed by atoms with Crippen LogP contribution < -0.4 is 14.8 Å². The average molecular weight is 549 g/mol. The normalized spacial score (nSPS) is 15.3. The van der Waals surface area contributed by atoms with E-state index in [1.807, 2.05) is 0 Å². The molecule has 0 fully saturated rings. The lowest BCUT2D eigenvalue weighted by Gasteiger charge is -2.24. The van der Waals surface area contributed by atoms with Crippen molar-refractivity contribution in [1.29, 1.82) is 0 Å². The average Bonchev–Trinajstić information content (AvgIpc) is 3.21. The fraction of sp³-hybridized carbons (Fsp3) is 0.167. The molecule has 1 atom stereocenters. The van der Waals surface area contributed by atoms with Gasteiger partial charge in [-0.2, -0.15) is 0 Å². The van der Waals surface area contributed by atoms with E-state index in [0.29, 0.717) is 45.7 Å². The van der Waals surface area contributed by atoms with Crippen molar-refractivity contribution in [2.75, 3.05) is 18.2 Å². The Morgan fingerprint density at radius 2 is 1.91 bits per heavy atom. The lowest BCUT2D eigenvalue weighted by Crippen LogP contribution is -2.20. The molecular weight excluding hydrogens is 531 g/mol. The highest BCUT2D eigenvalue weighted by molar-refractivity contribution is 7.90. The number of carbonyl (C=O) groups is 1. The molecule has 0 spiro atoms. The summed E-state index contributed by atoms with van der Waals surface area (Å²) in [6.07, 6.45) is 1.63. The molecule has 0 bridgehead atoms. The third-order valence-corrected chi connectivity index (χ3v) is 8.50. The van der Waals surface area contributed by atoms with Crippen LogP contribution in [0.25, 0.3) is 10.1 Å². The fourth-order valence-corrected chi connectivity index (χ4v) is 6.33. The minimum Gasteiger partial charge on any atom is -0.493 e. The van der Waals surface area contributed by atoms with Gasteiger partial charge in [0.15, 0.2) is 9.84 Å². The van der Waals surface area contributed by atoms with Gasteiger partial charge in [0.1, 0.15) is 16.7 Å². The van der Waals surface area contributed by atoms with Gasteiger partial charge in [-0.25, -0.2) is 13.4 Å². The number of aromatic nitrogens is 1. The Labute approximate surface area is 215 Å². The maximum absolute atomic E-state index is 13.0. The predicted molar refractivity (Wildman–Crippen MR) is 138 cm³/mol. The highest BCUT2D eigenvalue weighted by Gasteiger charge is 2.30. The molecule has 0 radical (unpaired) electrons. The Morgan fingerprint density at radius 1 is 1.14 bits per heavy atom. The number of nitrogens with zero attached hydrogens (tertiary/aromatic N) is 1. The van der Waals surface area contributed by atoms with Gasteiger partial charge in [0, 0.05) is 39.7 Å². The number of sulfone groups is 1. The maximum Gasteiger partial charge on any atom is 0.265 e. The number of anilines is 1. The summed E-state index contributed by atoms with van der Waals surface area (Å²) in [5.74, 6) is 0.926. The Bertz CT molecular complexity index is 1550. The number of hydrogen-bond donors (Lipinski definition) is 1. The second kappa shape index (κ2) is 9.31. The zero-order valence-corrected chi connectivity index (χ0v) is 21.4. The van der Waals surface area contributed by atoms with Gasteiger partial charge in [0.05, 0.1) is 16.7 Å². The molecule has 11 heteroatoms. The minimum atomic E-state index is -3.28. The second-order valence-electron chi connectivity index (χ2n) is 8.02. The van der Waals surface area contributed by atoms with Gasteiger partial charge in [-0.15, -0.1) is 11.3 Å². The van der Waals surface area contributed by atoms with Crippen molar-refractivity contribution in [2.45, 2.75) is 11.7 Å². The maximum atomic E-state index is 13.0. The first-order chi connectivity index (χ1) is 16.7. The SMILES string of the molecule is CS(=O)(=O)C1CCOc2cc3sc(C(=O)Nc4cc(Cl)nc(Oc5ccc(Cl)cc5)c4)cc3cc21. The van der Waals surface area contributed by atoms with Crippen LogP contribution in [0.15, 0.2) is 54.6 Å². The van der Waals surface area contributed by atoms with E-state index in [2.05, 4.69) is 10.3 Å². The number of benzene rings is 2. The van der Waals surface area contributed by atoms with Crippen molar-refractivity contribution in [3.8, 4) is 17.4 Å². The van der Waals surface area contributed by atoms with Gasteiger partial charge in [-0.3, -0.25) is 4.79 Å². The molecule has 5 rings (SSSR count). The van der Waals surface area contributed by atoms with Crippen LogP contribution in [0.5, 0.6) is 17.4 Å². The zero-order chi connectivity index (χ0) is 24.7. The Hall–Kier alpha value is -2.85. The Kier molecular flexibility index (Phi) is 6.35. The van der Waals surface area contributed by atoms with Gasteiger partial charge in [-0.05, 0) is 53.9 Å². The summed E-state index contributed by atoms with van der Waals surface area (Å²) in [6, 6.07) is 15.2. The number of thiophene rings is 1. The number of ether oxygens (including phenoxy) is 2.